The smallest absolute Gasteiger partial charge is 0.271 e. The van der Waals surface area contributed by atoms with Crippen molar-refractivity contribution in [1.82, 2.24) is 24.8 Å². The molecule has 1 amide bonds. The van der Waals surface area contributed by atoms with Gasteiger partial charge in [0.15, 0.2) is 0 Å². The SMILES string of the molecule is CC(C)NC(=O)c1cn2c(n1)C(C)N(Cc1cccnc1)CC2. The van der Waals surface area contributed by atoms with Gasteiger partial charge in [-0.3, -0.25) is 14.7 Å². The predicted molar refractivity (Wildman–Crippen MR) is 87.9 cm³/mol. The first kappa shape index (κ1) is 15.7. The Morgan fingerprint density at radius 1 is 1.43 bits per heavy atom. The number of nitrogens with zero attached hydrogens (tertiary/aromatic N) is 4. The molecular weight excluding hydrogens is 290 g/mol. The van der Waals surface area contributed by atoms with Gasteiger partial charge >= 0.3 is 0 Å². The van der Waals surface area contributed by atoms with Crippen LogP contribution in [0.4, 0.5) is 0 Å². The van der Waals surface area contributed by atoms with Gasteiger partial charge in [0.05, 0.1) is 6.04 Å². The molecule has 1 aliphatic heterocycles. The van der Waals surface area contributed by atoms with E-state index in [1.54, 1.807) is 6.20 Å². The summed E-state index contributed by atoms with van der Waals surface area (Å²) in [7, 11) is 0. The number of aromatic nitrogens is 3. The highest BCUT2D eigenvalue weighted by molar-refractivity contribution is 5.92. The Hall–Kier alpha value is -2.21. The molecule has 3 rings (SSSR count). The van der Waals surface area contributed by atoms with E-state index >= 15 is 0 Å². The minimum absolute atomic E-state index is 0.104. The molecule has 0 saturated heterocycles. The standard InChI is InChI=1S/C17H23N5O/c1-12(2)19-17(23)15-11-22-8-7-21(13(3)16(22)20-15)10-14-5-4-6-18-9-14/h4-6,9,11-13H,7-8,10H2,1-3H3,(H,19,23). The zero-order valence-corrected chi connectivity index (χ0v) is 13.9. The number of carbonyl (C=O) groups is 1. The quantitative estimate of drug-likeness (QED) is 0.937. The normalized spacial score (nSPS) is 18.0. The van der Waals surface area contributed by atoms with E-state index in [4.69, 9.17) is 0 Å². The highest BCUT2D eigenvalue weighted by Gasteiger charge is 2.27. The Bertz CT molecular complexity index is 680. The summed E-state index contributed by atoms with van der Waals surface area (Å²) in [5.74, 6) is 0.849. The van der Waals surface area contributed by atoms with Crippen LogP contribution in [0.2, 0.25) is 0 Å². The number of imidazole rings is 1. The number of hydrogen-bond acceptors (Lipinski definition) is 4. The fourth-order valence-corrected chi connectivity index (χ4v) is 2.92. The fourth-order valence-electron chi connectivity index (χ4n) is 2.92. The molecule has 1 N–H and O–H groups in total. The molecule has 3 heterocycles. The molecule has 2 aromatic rings. The van der Waals surface area contributed by atoms with Crippen molar-refractivity contribution >= 4 is 5.91 Å². The number of rotatable bonds is 4. The molecule has 0 radical (unpaired) electrons. The van der Waals surface area contributed by atoms with Crippen LogP contribution in [0.1, 0.15) is 48.7 Å². The second-order valence-electron chi connectivity index (χ2n) is 6.31. The summed E-state index contributed by atoms with van der Waals surface area (Å²) in [4.78, 5) is 23.3. The molecular formula is C17H23N5O. The molecule has 0 bridgehead atoms. The summed E-state index contributed by atoms with van der Waals surface area (Å²) in [5.41, 5.74) is 1.70. The summed E-state index contributed by atoms with van der Waals surface area (Å²) in [6.45, 7) is 8.67. The Labute approximate surface area is 136 Å². The molecule has 122 valence electrons. The van der Waals surface area contributed by atoms with E-state index < -0.39 is 0 Å². The molecule has 0 aromatic carbocycles. The molecule has 0 fully saturated rings. The maximum absolute atomic E-state index is 12.1. The topological polar surface area (TPSA) is 63.1 Å². The van der Waals surface area contributed by atoms with Crippen LogP contribution in [0.5, 0.6) is 0 Å². The zero-order chi connectivity index (χ0) is 16.4. The van der Waals surface area contributed by atoms with Crippen molar-refractivity contribution in [1.29, 1.82) is 0 Å². The average Bonchev–Trinajstić information content (AvgIpc) is 2.96. The average molecular weight is 313 g/mol. The molecule has 1 unspecified atom stereocenters. The summed E-state index contributed by atoms with van der Waals surface area (Å²) in [5, 5.41) is 2.90. The highest BCUT2D eigenvalue weighted by Crippen LogP contribution is 2.26. The fraction of sp³-hybridized carbons (Fsp3) is 0.471. The Balaban J connectivity index is 1.76. The molecule has 0 saturated carbocycles. The van der Waals surface area contributed by atoms with Crippen LogP contribution in [0.15, 0.2) is 30.7 Å². The van der Waals surface area contributed by atoms with Crippen LogP contribution in [0, 0.1) is 0 Å². The minimum atomic E-state index is -0.104. The summed E-state index contributed by atoms with van der Waals surface area (Å²) < 4.78 is 2.10. The molecule has 1 atom stereocenters. The van der Waals surface area contributed by atoms with Crippen molar-refractivity contribution in [3.05, 3.63) is 47.8 Å². The van der Waals surface area contributed by atoms with Crippen molar-refractivity contribution < 1.29 is 4.79 Å². The van der Waals surface area contributed by atoms with Gasteiger partial charge in [0.1, 0.15) is 11.5 Å². The van der Waals surface area contributed by atoms with Crippen molar-refractivity contribution in [2.24, 2.45) is 0 Å². The third-order valence-corrected chi connectivity index (χ3v) is 4.12. The van der Waals surface area contributed by atoms with Gasteiger partial charge in [-0.1, -0.05) is 6.07 Å². The van der Waals surface area contributed by atoms with E-state index in [0.29, 0.717) is 5.69 Å². The Kier molecular flexibility index (Phi) is 4.43. The molecule has 23 heavy (non-hydrogen) atoms. The maximum Gasteiger partial charge on any atom is 0.271 e. The summed E-state index contributed by atoms with van der Waals surface area (Å²) in [6, 6.07) is 4.33. The van der Waals surface area contributed by atoms with E-state index in [1.165, 1.54) is 5.56 Å². The third kappa shape index (κ3) is 3.42. The summed E-state index contributed by atoms with van der Waals surface area (Å²) >= 11 is 0. The molecule has 2 aromatic heterocycles. The van der Waals surface area contributed by atoms with Crippen LogP contribution in [0.25, 0.3) is 0 Å². The Morgan fingerprint density at radius 2 is 2.26 bits per heavy atom. The number of hydrogen-bond donors (Lipinski definition) is 1. The first-order valence-electron chi connectivity index (χ1n) is 8.05. The lowest BCUT2D eigenvalue weighted by atomic mass is 10.1. The highest BCUT2D eigenvalue weighted by atomic mass is 16.1. The van der Waals surface area contributed by atoms with Crippen LogP contribution < -0.4 is 5.32 Å². The molecule has 0 aliphatic carbocycles. The van der Waals surface area contributed by atoms with E-state index in [1.807, 2.05) is 32.3 Å². The molecule has 6 heteroatoms. The lowest BCUT2D eigenvalue weighted by Crippen LogP contribution is -2.36. The first-order valence-corrected chi connectivity index (χ1v) is 8.05. The van der Waals surface area contributed by atoms with E-state index in [9.17, 15) is 4.79 Å². The maximum atomic E-state index is 12.1. The minimum Gasteiger partial charge on any atom is -0.348 e. The predicted octanol–water partition coefficient (Wildman–Crippen LogP) is 1.99. The van der Waals surface area contributed by atoms with Crippen molar-refractivity contribution in [3.8, 4) is 0 Å². The lowest BCUT2D eigenvalue weighted by Gasteiger charge is -2.33. The van der Waals surface area contributed by atoms with Crippen LogP contribution >= 0.6 is 0 Å². The van der Waals surface area contributed by atoms with Gasteiger partial charge in [0.25, 0.3) is 5.91 Å². The van der Waals surface area contributed by atoms with Gasteiger partial charge < -0.3 is 9.88 Å². The van der Waals surface area contributed by atoms with Crippen LogP contribution in [0.3, 0.4) is 0 Å². The van der Waals surface area contributed by atoms with Gasteiger partial charge in [0, 0.05) is 44.3 Å². The zero-order valence-electron chi connectivity index (χ0n) is 13.9. The molecule has 1 aliphatic rings. The van der Waals surface area contributed by atoms with Gasteiger partial charge in [-0.05, 0) is 32.4 Å². The van der Waals surface area contributed by atoms with Crippen LogP contribution in [-0.4, -0.2) is 37.9 Å². The van der Waals surface area contributed by atoms with E-state index in [-0.39, 0.29) is 18.0 Å². The number of amides is 1. The number of fused-ring (bicyclic) bond motifs is 1. The molecule has 0 spiro atoms. The summed E-state index contributed by atoms with van der Waals surface area (Å²) in [6.07, 6.45) is 5.55. The van der Waals surface area contributed by atoms with Crippen molar-refractivity contribution in [2.75, 3.05) is 6.54 Å². The second kappa shape index (κ2) is 6.50. The monoisotopic (exact) mass is 313 g/mol. The number of carbonyl (C=O) groups excluding carboxylic acids is 1. The van der Waals surface area contributed by atoms with E-state index in [0.717, 1.165) is 25.5 Å². The van der Waals surface area contributed by atoms with Gasteiger partial charge in [-0.25, -0.2) is 4.98 Å². The molecule has 6 nitrogen and oxygen atoms in total. The van der Waals surface area contributed by atoms with E-state index in [2.05, 4.69) is 37.7 Å². The van der Waals surface area contributed by atoms with Gasteiger partial charge in [0.2, 0.25) is 0 Å². The largest absolute Gasteiger partial charge is 0.348 e. The number of nitrogens with one attached hydrogen (secondary N) is 1. The van der Waals surface area contributed by atoms with Crippen LogP contribution in [-0.2, 0) is 13.1 Å². The second-order valence-corrected chi connectivity index (χ2v) is 6.31. The van der Waals surface area contributed by atoms with Gasteiger partial charge in [-0.2, -0.15) is 0 Å². The van der Waals surface area contributed by atoms with Crippen molar-refractivity contribution in [3.63, 3.8) is 0 Å². The third-order valence-electron chi connectivity index (χ3n) is 4.12. The Morgan fingerprint density at radius 3 is 2.96 bits per heavy atom. The first-order chi connectivity index (χ1) is 11.0. The van der Waals surface area contributed by atoms with Crippen molar-refractivity contribution in [2.45, 2.75) is 45.9 Å². The van der Waals surface area contributed by atoms with Gasteiger partial charge in [-0.15, -0.1) is 0 Å². The lowest BCUT2D eigenvalue weighted by molar-refractivity contribution is 0.0938. The number of pyridine rings is 1.